The minimum Gasteiger partial charge on any atom is -0.490 e. The van der Waals surface area contributed by atoms with Crippen molar-refractivity contribution < 1.29 is 4.74 Å². The molecule has 1 fully saturated rings. The first-order chi connectivity index (χ1) is 6.66. The van der Waals surface area contributed by atoms with E-state index in [1.807, 2.05) is 25.1 Å². The lowest BCUT2D eigenvalue weighted by Crippen LogP contribution is -2.08. The molecule has 14 heavy (non-hydrogen) atoms. The lowest BCUT2D eigenvalue weighted by molar-refractivity contribution is 0.298. The fourth-order valence-electron chi connectivity index (χ4n) is 1.35. The molecule has 0 spiro atoms. The van der Waals surface area contributed by atoms with Gasteiger partial charge in [0.25, 0.3) is 0 Å². The van der Waals surface area contributed by atoms with Crippen LogP contribution in [0.15, 0.2) is 22.7 Å². The van der Waals surface area contributed by atoms with Crippen molar-refractivity contribution in [2.45, 2.75) is 31.9 Å². The van der Waals surface area contributed by atoms with Gasteiger partial charge in [-0.25, -0.2) is 0 Å². The van der Waals surface area contributed by atoms with Gasteiger partial charge in [-0.3, -0.25) is 0 Å². The molecule has 1 aliphatic carbocycles. The molecule has 1 saturated carbocycles. The summed E-state index contributed by atoms with van der Waals surface area (Å²) in [6.07, 6.45) is 2.77. The standard InChI is InChI=1S/C11H14BrNO/c1-7(13)10-6-8(12)2-5-11(10)14-9-3-4-9/h2,5-7,9H,3-4,13H2,1H3. The highest BCUT2D eigenvalue weighted by Crippen LogP contribution is 2.32. The highest BCUT2D eigenvalue weighted by Gasteiger charge is 2.24. The fraction of sp³-hybridized carbons (Fsp3) is 0.455. The average Bonchev–Trinajstić information content (AvgIpc) is 2.91. The molecule has 0 aromatic heterocycles. The predicted octanol–water partition coefficient (Wildman–Crippen LogP) is 3.01. The van der Waals surface area contributed by atoms with Crippen LogP contribution in [0.4, 0.5) is 0 Å². The number of hydrogen-bond acceptors (Lipinski definition) is 2. The smallest absolute Gasteiger partial charge is 0.124 e. The molecule has 0 heterocycles. The molecule has 0 bridgehead atoms. The summed E-state index contributed by atoms with van der Waals surface area (Å²) in [6.45, 7) is 1.97. The van der Waals surface area contributed by atoms with Gasteiger partial charge in [0, 0.05) is 16.1 Å². The van der Waals surface area contributed by atoms with E-state index in [2.05, 4.69) is 15.9 Å². The molecular weight excluding hydrogens is 242 g/mol. The number of ether oxygens (including phenoxy) is 1. The maximum absolute atomic E-state index is 5.88. The van der Waals surface area contributed by atoms with Crippen LogP contribution in [0.3, 0.4) is 0 Å². The van der Waals surface area contributed by atoms with Gasteiger partial charge in [0.2, 0.25) is 0 Å². The Labute approximate surface area is 92.6 Å². The van der Waals surface area contributed by atoms with E-state index in [4.69, 9.17) is 10.5 Å². The molecule has 2 nitrogen and oxygen atoms in total. The van der Waals surface area contributed by atoms with Gasteiger partial charge in [-0.05, 0) is 38.0 Å². The average molecular weight is 256 g/mol. The monoisotopic (exact) mass is 255 g/mol. The Hall–Kier alpha value is -0.540. The van der Waals surface area contributed by atoms with E-state index in [9.17, 15) is 0 Å². The molecule has 76 valence electrons. The van der Waals surface area contributed by atoms with Gasteiger partial charge in [-0.2, -0.15) is 0 Å². The van der Waals surface area contributed by atoms with Gasteiger partial charge in [0.05, 0.1) is 6.10 Å². The first kappa shape index (κ1) is 9.99. The van der Waals surface area contributed by atoms with Crippen molar-refractivity contribution >= 4 is 15.9 Å². The summed E-state index contributed by atoms with van der Waals surface area (Å²) in [5.41, 5.74) is 6.95. The Bertz CT molecular complexity index is 334. The van der Waals surface area contributed by atoms with Crippen LogP contribution in [-0.2, 0) is 0 Å². The maximum atomic E-state index is 5.88. The first-order valence-electron chi connectivity index (χ1n) is 4.88. The third-order valence-corrected chi connectivity index (χ3v) is 2.77. The van der Waals surface area contributed by atoms with Crippen LogP contribution in [0.1, 0.15) is 31.4 Å². The minimum atomic E-state index is 0.0150. The van der Waals surface area contributed by atoms with E-state index in [-0.39, 0.29) is 6.04 Å². The van der Waals surface area contributed by atoms with Crippen LogP contribution < -0.4 is 10.5 Å². The van der Waals surface area contributed by atoms with Crippen molar-refractivity contribution in [1.29, 1.82) is 0 Å². The second-order valence-corrected chi connectivity index (χ2v) is 4.70. The molecule has 0 saturated heterocycles. The lowest BCUT2D eigenvalue weighted by atomic mass is 10.1. The van der Waals surface area contributed by atoms with Gasteiger partial charge in [-0.15, -0.1) is 0 Å². The number of hydrogen-bond donors (Lipinski definition) is 1. The summed E-state index contributed by atoms with van der Waals surface area (Å²) in [5.74, 6) is 0.936. The van der Waals surface area contributed by atoms with Crippen LogP contribution in [0.2, 0.25) is 0 Å². The molecule has 1 atom stereocenters. The number of benzene rings is 1. The van der Waals surface area contributed by atoms with Gasteiger partial charge >= 0.3 is 0 Å². The fourth-order valence-corrected chi connectivity index (χ4v) is 1.73. The van der Waals surface area contributed by atoms with Gasteiger partial charge in [-0.1, -0.05) is 15.9 Å². The van der Waals surface area contributed by atoms with Gasteiger partial charge < -0.3 is 10.5 Å². The van der Waals surface area contributed by atoms with Crippen molar-refractivity contribution in [3.8, 4) is 5.75 Å². The molecule has 1 aromatic carbocycles. The molecule has 3 heteroatoms. The SMILES string of the molecule is CC(N)c1cc(Br)ccc1OC1CC1. The second-order valence-electron chi connectivity index (χ2n) is 3.79. The summed E-state index contributed by atoms with van der Waals surface area (Å²) in [4.78, 5) is 0. The largest absolute Gasteiger partial charge is 0.490 e. The predicted molar refractivity (Wildman–Crippen MR) is 60.4 cm³/mol. The summed E-state index contributed by atoms with van der Waals surface area (Å²) < 4.78 is 6.82. The summed E-state index contributed by atoms with van der Waals surface area (Å²) in [5, 5.41) is 0. The van der Waals surface area contributed by atoms with Crippen molar-refractivity contribution in [2.75, 3.05) is 0 Å². The molecule has 2 rings (SSSR count). The molecule has 2 N–H and O–H groups in total. The summed E-state index contributed by atoms with van der Waals surface area (Å²) in [6, 6.07) is 6.02. The summed E-state index contributed by atoms with van der Waals surface area (Å²) >= 11 is 3.44. The molecular formula is C11H14BrNO. The van der Waals surface area contributed by atoms with Gasteiger partial charge in [0.15, 0.2) is 0 Å². The third kappa shape index (κ3) is 2.28. The maximum Gasteiger partial charge on any atom is 0.124 e. The highest BCUT2D eigenvalue weighted by molar-refractivity contribution is 9.10. The summed E-state index contributed by atoms with van der Waals surface area (Å²) in [7, 11) is 0. The van der Waals surface area contributed by atoms with E-state index < -0.39 is 0 Å². The van der Waals surface area contributed by atoms with E-state index in [1.54, 1.807) is 0 Å². The van der Waals surface area contributed by atoms with Crippen molar-refractivity contribution in [3.05, 3.63) is 28.2 Å². The zero-order valence-electron chi connectivity index (χ0n) is 8.16. The van der Waals surface area contributed by atoms with Crippen LogP contribution in [-0.4, -0.2) is 6.10 Å². The Morgan fingerprint density at radius 2 is 2.21 bits per heavy atom. The minimum absolute atomic E-state index is 0.0150. The Morgan fingerprint density at radius 3 is 2.79 bits per heavy atom. The van der Waals surface area contributed by atoms with E-state index in [1.165, 1.54) is 12.8 Å². The molecule has 1 unspecified atom stereocenters. The molecule has 0 aliphatic heterocycles. The molecule has 0 radical (unpaired) electrons. The lowest BCUT2D eigenvalue weighted by Gasteiger charge is -2.13. The van der Waals surface area contributed by atoms with Crippen LogP contribution in [0, 0.1) is 0 Å². The molecule has 1 aliphatic rings. The first-order valence-corrected chi connectivity index (χ1v) is 5.68. The Kier molecular flexibility index (Phi) is 2.79. The van der Waals surface area contributed by atoms with E-state index >= 15 is 0 Å². The van der Waals surface area contributed by atoms with Crippen molar-refractivity contribution in [2.24, 2.45) is 5.73 Å². The number of nitrogens with two attached hydrogens (primary N) is 1. The number of rotatable bonds is 3. The van der Waals surface area contributed by atoms with E-state index in [0.29, 0.717) is 6.10 Å². The Balaban J connectivity index is 2.26. The zero-order valence-corrected chi connectivity index (χ0v) is 9.75. The van der Waals surface area contributed by atoms with Crippen LogP contribution in [0.25, 0.3) is 0 Å². The van der Waals surface area contributed by atoms with Crippen LogP contribution in [0.5, 0.6) is 5.75 Å². The van der Waals surface area contributed by atoms with Crippen LogP contribution >= 0.6 is 15.9 Å². The quantitative estimate of drug-likeness (QED) is 0.902. The topological polar surface area (TPSA) is 35.2 Å². The van der Waals surface area contributed by atoms with E-state index in [0.717, 1.165) is 15.8 Å². The van der Waals surface area contributed by atoms with Gasteiger partial charge in [0.1, 0.15) is 5.75 Å². The highest BCUT2D eigenvalue weighted by atomic mass is 79.9. The molecule has 1 aromatic rings. The second kappa shape index (κ2) is 3.91. The third-order valence-electron chi connectivity index (χ3n) is 2.28. The Morgan fingerprint density at radius 1 is 1.50 bits per heavy atom. The van der Waals surface area contributed by atoms with Crippen molar-refractivity contribution in [3.63, 3.8) is 0 Å². The number of halogens is 1. The zero-order chi connectivity index (χ0) is 10.1. The normalized spacial score (nSPS) is 17.9. The molecule has 0 amide bonds. The van der Waals surface area contributed by atoms with Crippen molar-refractivity contribution in [1.82, 2.24) is 0 Å².